The Bertz CT molecular complexity index is 1360. The molecule has 0 amide bonds. The van der Waals surface area contributed by atoms with Gasteiger partial charge in [-0.25, -0.2) is 0 Å². The fraction of sp³-hybridized carbons (Fsp3) is 0.814. The zero-order chi connectivity index (χ0) is 55.0. The van der Waals surface area contributed by atoms with Crippen molar-refractivity contribution in [2.45, 2.75) is 354 Å². The van der Waals surface area contributed by atoms with Crippen LogP contribution in [0.2, 0.25) is 0 Å². The highest BCUT2D eigenvalue weighted by molar-refractivity contribution is 5.71. The van der Waals surface area contributed by atoms with Crippen molar-refractivity contribution in [3.63, 3.8) is 0 Å². The number of hydrogen-bond donors (Lipinski definition) is 0. The minimum absolute atomic E-state index is 0.0800. The first kappa shape index (κ1) is 73.1. The molecule has 0 heterocycles. The molecular weight excluding hydrogens is 937 g/mol. The summed E-state index contributed by atoms with van der Waals surface area (Å²) in [6.45, 7) is 6.63. The number of rotatable bonds is 61. The van der Waals surface area contributed by atoms with Gasteiger partial charge in [-0.15, -0.1) is 0 Å². The summed E-state index contributed by atoms with van der Waals surface area (Å²) < 4.78 is 16.9. The maximum absolute atomic E-state index is 12.9. The molecule has 6 nitrogen and oxygen atoms in total. The van der Waals surface area contributed by atoms with Crippen molar-refractivity contribution in [1.82, 2.24) is 0 Å². The first-order valence-electron chi connectivity index (χ1n) is 33.3. The fourth-order valence-corrected chi connectivity index (χ4v) is 9.68. The van der Waals surface area contributed by atoms with E-state index in [4.69, 9.17) is 14.2 Å². The Morgan fingerprint density at radius 2 is 0.474 bits per heavy atom. The van der Waals surface area contributed by atoms with Gasteiger partial charge in [-0.05, 0) is 109 Å². The molecule has 1 atom stereocenters. The van der Waals surface area contributed by atoms with E-state index in [1.165, 1.54) is 218 Å². The summed E-state index contributed by atoms with van der Waals surface area (Å²) >= 11 is 0. The Balaban J connectivity index is 4.31. The molecule has 442 valence electrons. The molecule has 76 heavy (non-hydrogen) atoms. The minimum Gasteiger partial charge on any atom is -0.462 e. The lowest BCUT2D eigenvalue weighted by atomic mass is 10.0. The van der Waals surface area contributed by atoms with Gasteiger partial charge in [0.05, 0.1) is 0 Å². The first-order valence-corrected chi connectivity index (χ1v) is 33.3. The third kappa shape index (κ3) is 62.0. The van der Waals surface area contributed by atoms with Crippen molar-refractivity contribution >= 4 is 17.9 Å². The maximum Gasteiger partial charge on any atom is 0.306 e. The Morgan fingerprint density at radius 1 is 0.263 bits per heavy atom. The highest BCUT2D eigenvalue weighted by Gasteiger charge is 2.19. The number of carbonyl (C=O) groups excluding carboxylic acids is 3. The van der Waals surface area contributed by atoms with E-state index in [1.807, 2.05) is 0 Å². The summed E-state index contributed by atoms with van der Waals surface area (Å²) in [4.78, 5) is 38.3. The van der Waals surface area contributed by atoms with E-state index < -0.39 is 6.10 Å². The molecule has 0 N–H and O–H groups in total. The molecule has 0 fully saturated rings. The van der Waals surface area contributed by atoms with E-state index in [0.717, 1.165) is 89.9 Å². The van der Waals surface area contributed by atoms with Crippen molar-refractivity contribution in [1.29, 1.82) is 0 Å². The molecule has 0 spiro atoms. The zero-order valence-corrected chi connectivity index (χ0v) is 50.8. The van der Waals surface area contributed by atoms with Gasteiger partial charge >= 0.3 is 17.9 Å². The van der Waals surface area contributed by atoms with Crippen LogP contribution in [0.5, 0.6) is 0 Å². The molecule has 0 saturated carbocycles. The highest BCUT2D eigenvalue weighted by atomic mass is 16.6. The van der Waals surface area contributed by atoms with Crippen LogP contribution in [0, 0.1) is 0 Å². The molecule has 0 aliphatic heterocycles. The third-order valence-corrected chi connectivity index (χ3v) is 14.7. The van der Waals surface area contributed by atoms with Crippen LogP contribution in [0.1, 0.15) is 348 Å². The second-order valence-electron chi connectivity index (χ2n) is 22.4. The summed E-state index contributed by atoms with van der Waals surface area (Å²) in [6, 6.07) is 0. The quantitative estimate of drug-likeness (QED) is 0.0261. The van der Waals surface area contributed by atoms with E-state index in [0.29, 0.717) is 19.3 Å². The van der Waals surface area contributed by atoms with Gasteiger partial charge in [0.1, 0.15) is 13.2 Å². The largest absolute Gasteiger partial charge is 0.462 e. The van der Waals surface area contributed by atoms with Gasteiger partial charge in [0, 0.05) is 19.3 Å². The van der Waals surface area contributed by atoms with Crippen molar-refractivity contribution in [3.05, 3.63) is 60.8 Å². The lowest BCUT2D eigenvalue weighted by Gasteiger charge is -2.18. The molecule has 0 aliphatic carbocycles. The van der Waals surface area contributed by atoms with E-state index in [1.54, 1.807) is 0 Å². The van der Waals surface area contributed by atoms with Crippen LogP contribution < -0.4 is 0 Å². The molecule has 0 aromatic carbocycles. The van der Waals surface area contributed by atoms with Gasteiger partial charge in [-0.3, -0.25) is 14.4 Å². The highest BCUT2D eigenvalue weighted by Crippen LogP contribution is 2.17. The predicted molar refractivity (Wildman–Crippen MR) is 330 cm³/mol. The molecule has 0 aliphatic rings. The third-order valence-electron chi connectivity index (χ3n) is 14.7. The summed E-state index contributed by atoms with van der Waals surface area (Å²) in [5.74, 6) is -0.884. The molecule has 0 aromatic rings. The van der Waals surface area contributed by atoms with Crippen LogP contribution in [-0.4, -0.2) is 37.2 Å². The molecule has 6 heteroatoms. The Morgan fingerprint density at radius 3 is 0.776 bits per heavy atom. The number of ether oxygens (including phenoxy) is 3. The average molecular weight is 1060 g/mol. The Labute approximate surface area is 472 Å². The molecular formula is C70H126O6. The van der Waals surface area contributed by atoms with Gasteiger partial charge in [0.25, 0.3) is 0 Å². The summed E-state index contributed by atoms with van der Waals surface area (Å²) in [6.07, 6.45) is 82.3. The number of carbonyl (C=O) groups is 3. The first-order chi connectivity index (χ1) is 37.5. The van der Waals surface area contributed by atoms with E-state index in [2.05, 4.69) is 81.5 Å². The lowest BCUT2D eigenvalue weighted by molar-refractivity contribution is -0.167. The monoisotopic (exact) mass is 1060 g/mol. The van der Waals surface area contributed by atoms with Gasteiger partial charge in [0.15, 0.2) is 6.10 Å². The Kier molecular flexibility index (Phi) is 62.2. The van der Waals surface area contributed by atoms with Crippen molar-refractivity contribution < 1.29 is 28.6 Å². The fourth-order valence-electron chi connectivity index (χ4n) is 9.68. The van der Waals surface area contributed by atoms with Crippen LogP contribution in [-0.2, 0) is 28.6 Å². The molecule has 0 aromatic heterocycles. The van der Waals surface area contributed by atoms with Crippen LogP contribution >= 0.6 is 0 Å². The minimum atomic E-state index is -0.785. The second kappa shape index (κ2) is 64.6. The lowest BCUT2D eigenvalue weighted by Crippen LogP contribution is -2.30. The molecule has 0 saturated heterocycles. The van der Waals surface area contributed by atoms with Crippen LogP contribution in [0.3, 0.4) is 0 Å². The molecule has 0 rings (SSSR count). The van der Waals surface area contributed by atoms with Gasteiger partial charge in [0.2, 0.25) is 0 Å². The summed E-state index contributed by atoms with van der Waals surface area (Å²) in [5.41, 5.74) is 0. The van der Waals surface area contributed by atoms with Gasteiger partial charge < -0.3 is 14.2 Å². The van der Waals surface area contributed by atoms with E-state index in [9.17, 15) is 14.4 Å². The van der Waals surface area contributed by atoms with E-state index >= 15 is 0 Å². The zero-order valence-electron chi connectivity index (χ0n) is 50.8. The van der Waals surface area contributed by atoms with Crippen LogP contribution in [0.25, 0.3) is 0 Å². The van der Waals surface area contributed by atoms with Gasteiger partial charge in [-0.2, -0.15) is 0 Å². The SMILES string of the molecule is CCCCC/C=C\C/C=C\CCCCCCCC(=O)OCC(COC(=O)CCCCCCCCCCCCCCC/C=C\CCCCCCCCCC)OC(=O)CCCCCCCCC/C=C\C/C=C\CCCCCC. The average Bonchev–Trinajstić information content (AvgIpc) is 3.42. The van der Waals surface area contributed by atoms with Crippen molar-refractivity contribution in [2.24, 2.45) is 0 Å². The standard InChI is InChI=1S/C70H126O6/c1-4-7-10-13-16-19-22-25-28-30-32-33-34-35-36-37-38-40-42-45-48-51-54-57-60-63-69(72)75-66-67(65-74-68(71)62-59-56-53-50-47-44-41-27-24-21-18-15-12-9-6-3)76-70(73)64-61-58-55-52-49-46-43-39-31-29-26-23-20-17-14-11-8-5-2/h18,20-21,23,27,29-32,41,67H,4-17,19,22,24-26,28,33-40,42-66H2,1-3H3/b21-18-,23-20-,31-29-,32-30-,41-27-. The van der Waals surface area contributed by atoms with Crippen LogP contribution in [0.15, 0.2) is 60.8 Å². The predicted octanol–water partition coefficient (Wildman–Crippen LogP) is 22.7. The smallest absolute Gasteiger partial charge is 0.306 e. The molecule has 0 bridgehead atoms. The van der Waals surface area contributed by atoms with Crippen LogP contribution in [0.4, 0.5) is 0 Å². The topological polar surface area (TPSA) is 78.9 Å². The number of allylic oxidation sites excluding steroid dienone is 10. The van der Waals surface area contributed by atoms with E-state index in [-0.39, 0.29) is 31.1 Å². The summed E-state index contributed by atoms with van der Waals surface area (Å²) in [5, 5.41) is 0. The molecule has 1 unspecified atom stereocenters. The number of unbranched alkanes of at least 4 members (excludes halogenated alkanes) is 40. The van der Waals surface area contributed by atoms with Crippen molar-refractivity contribution in [3.8, 4) is 0 Å². The number of hydrogen-bond acceptors (Lipinski definition) is 6. The Hall–Kier alpha value is -2.89. The van der Waals surface area contributed by atoms with Crippen molar-refractivity contribution in [2.75, 3.05) is 13.2 Å². The second-order valence-corrected chi connectivity index (χ2v) is 22.4. The molecule has 0 radical (unpaired) electrons. The normalized spacial score (nSPS) is 12.4. The number of esters is 3. The maximum atomic E-state index is 12.9. The summed E-state index contributed by atoms with van der Waals surface area (Å²) in [7, 11) is 0. The van der Waals surface area contributed by atoms with Gasteiger partial charge in [-0.1, -0.05) is 281 Å².